The maximum atomic E-state index is 5.21. The van der Waals surface area contributed by atoms with Crippen LogP contribution in [0.4, 0.5) is 0 Å². The third-order valence-corrected chi connectivity index (χ3v) is 10.1. The van der Waals surface area contributed by atoms with Crippen LogP contribution in [-0.2, 0) is 0 Å². The van der Waals surface area contributed by atoms with Gasteiger partial charge in [0.1, 0.15) is 0 Å². The fraction of sp³-hybridized carbons (Fsp3) is 0. The average molecular weight is 716 g/mol. The molecule has 8 aromatic carbocycles. The summed E-state index contributed by atoms with van der Waals surface area (Å²) in [5, 5.41) is 4.76. The van der Waals surface area contributed by atoms with Gasteiger partial charge in [-0.1, -0.05) is 176 Å². The van der Waals surface area contributed by atoms with E-state index in [0.717, 1.165) is 61.3 Å². The molecule has 0 aliphatic carbocycles. The lowest BCUT2D eigenvalue weighted by molar-refractivity contribution is 1.07. The van der Waals surface area contributed by atoms with Crippen molar-refractivity contribution in [3.63, 3.8) is 0 Å². The van der Waals surface area contributed by atoms with Crippen molar-refractivity contribution in [3.8, 4) is 79.2 Å². The van der Waals surface area contributed by atoms with Crippen molar-refractivity contribution in [1.82, 2.24) is 24.9 Å². The Morgan fingerprint density at radius 2 is 0.643 bits per heavy atom. The number of nitrogens with zero attached hydrogens (tertiary/aromatic N) is 5. The Labute approximate surface area is 324 Å². The van der Waals surface area contributed by atoms with E-state index in [1.165, 1.54) is 16.2 Å². The Hall–Kier alpha value is -7.63. The summed E-state index contributed by atoms with van der Waals surface area (Å²) >= 11 is 0. The molecule has 0 saturated heterocycles. The van der Waals surface area contributed by atoms with Crippen LogP contribution < -0.4 is 0 Å². The second-order valence-electron chi connectivity index (χ2n) is 13.7. The summed E-state index contributed by atoms with van der Waals surface area (Å²) in [6.45, 7) is 0. The first kappa shape index (κ1) is 33.0. The largest absolute Gasteiger partial charge is 0.228 e. The fourth-order valence-corrected chi connectivity index (χ4v) is 7.35. The van der Waals surface area contributed by atoms with Gasteiger partial charge in [0.05, 0.1) is 11.4 Å². The van der Waals surface area contributed by atoms with Crippen LogP contribution in [0.5, 0.6) is 0 Å². The third-order valence-electron chi connectivity index (χ3n) is 10.1. The van der Waals surface area contributed by atoms with Gasteiger partial charge in [-0.2, -0.15) is 0 Å². The minimum atomic E-state index is 0.617. The third kappa shape index (κ3) is 6.37. The maximum Gasteiger partial charge on any atom is 0.164 e. The van der Waals surface area contributed by atoms with Gasteiger partial charge in [-0.05, 0) is 56.9 Å². The van der Waals surface area contributed by atoms with Gasteiger partial charge in [0, 0.05) is 33.4 Å². The van der Waals surface area contributed by atoms with E-state index in [1.807, 2.05) is 78.9 Å². The summed E-state index contributed by atoms with van der Waals surface area (Å²) in [6.07, 6.45) is 0. The monoisotopic (exact) mass is 715 g/mol. The second kappa shape index (κ2) is 14.3. The van der Waals surface area contributed by atoms with Crippen molar-refractivity contribution < 1.29 is 0 Å². The van der Waals surface area contributed by atoms with E-state index < -0.39 is 0 Å². The topological polar surface area (TPSA) is 64.5 Å². The van der Waals surface area contributed by atoms with Crippen LogP contribution in [0.2, 0.25) is 0 Å². The van der Waals surface area contributed by atoms with Crippen LogP contribution in [0.15, 0.2) is 200 Å². The van der Waals surface area contributed by atoms with Crippen LogP contribution >= 0.6 is 0 Å². The van der Waals surface area contributed by atoms with Crippen LogP contribution in [0.25, 0.3) is 101 Å². The van der Waals surface area contributed by atoms with Gasteiger partial charge in [-0.25, -0.2) is 24.9 Å². The van der Waals surface area contributed by atoms with Crippen molar-refractivity contribution in [1.29, 1.82) is 0 Å². The molecule has 262 valence electrons. The van der Waals surface area contributed by atoms with Gasteiger partial charge in [0.2, 0.25) is 0 Å². The van der Waals surface area contributed by atoms with Crippen LogP contribution in [-0.4, -0.2) is 24.9 Å². The van der Waals surface area contributed by atoms with Gasteiger partial charge in [-0.3, -0.25) is 0 Å². The lowest BCUT2D eigenvalue weighted by atomic mass is 9.94. The second-order valence-corrected chi connectivity index (χ2v) is 13.7. The first-order valence-electron chi connectivity index (χ1n) is 18.7. The molecule has 0 aliphatic rings. The maximum absolute atomic E-state index is 5.21. The minimum absolute atomic E-state index is 0.617. The van der Waals surface area contributed by atoms with Crippen LogP contribution in [0.3, 0.4) is 0 Å². The Morgan fingerprint density at radius 1 is 0.232 bits per heavy atom. The molecule has 0 radical (unpaired) electrons. The molecule has 0 bridgehead atoms. The summed E-state index contributed by atoms with van der Waals surface area (Å²) < 4.78 is 0. The highest BCUT2D eigenvalue weighted by molar-refractivity contribution is 6.13. The minimum Gasteiger partial charge on any atom is -0.228 e. The van der Waals surface area contributed by atoms with Gasteiger partial charge in [0.25, 0.3) is 0 Å². The van der Waals surface area contributed by atoms with Crippen molar-refractivity contribution >= 4 is 21.5 Å². The molecule has 0 spiro atoms. The van der Waals surface area contributed by atoms with E-state index in [2.05, 4.69) is 121 Å². The fourth-order valence-electron chi connectivity index (χ4n) is 7.35. The molecule has 0 unspecified atom stereocenters. The zero-order valence-corrected chi connectivity index (χ0v) is 30.3. The van der Waals surface area contributed by atoms with E-state index in [9.17, 15) is 0 Å². The highest BCUT2D eigenvalue weighted by Crippen LogP contribution is 2.37. The summed E-state index contributed by atoms with van der Waals surface area (Å²) in [6, 6.07) is 68.8. The number of hydrogen-bond donors (Lipinski definition) is 0. The summed E-state index contributed by atoms with van der Waals surface area (Å²) in [4.78, 5) is 25.2. The molecule has 2 heterocycles. The standard InChI is InChI=1S/C51H33N5/c1-4-16-34(17-5-1)48-52-46(33-47(53-48)45-32-39-22-10-11-27-42(39)43-28-12-13-29-44(43)45)40-25-14-23-37(30-40)38-24-15-26-41(31-38)51-55-49(35-18-6-2-7-19-35)54-50(56-51)36-20-8-3-9-21-36/h1-33H. The molecule has 0 N–H and O–H groups in total. The van der Waals surface area contributed by atoms with Crippen molar-refractivity contribution in [2.45, 2.75) is 0 Å². The normalized spacial score (nSPS) is 11.2. The molecule has 0 amide bonds. The van der Waals surface area contributed by atoms with Gasteiger partial charge < -0.3 is 0 Å². The molecular weight excluding hydrogens is 683 g/mol. The van der Waals surface area contributed by atoms with E-state index in [4.69, 9.17) is 24.9 Å². The number of rotatable bonds is 7. The zero-order valence-electron chi connectivity index (χ0n) is 30.3. The molecule has 5 heteroatoms. The van der Waals surface area contributed by atoms with Gasteiger partial charge in [0.15, 0.2) is 23.3 Å². The SMILES string of the molecule is c1ccc(-c2nc(-c3cccc(-c4cccc(-c5nc(-c6ccccc6)nc(-c6ccccc6)n5)c4)c3)cc(-c3cc4ccccc4c4ccccc34)n2)cc1. The van der Waals surface area contributed by atoms with Crippen molar-refractivity contribution in [2.75, 3.05) is 0 Å². The van der Waals surface area contributed by atoms with Crippen molar-refractivity contribution in [3.05, 3.63) is 200 Å². The number of aromatic nitrogens is 5. The van der Waals surface area contributed by atoms with Gasteiger partial charge >= 0.3 is 0 Å². The predicted molar refractivity (Wildman–Crippen MR) is 228 cm³/mol. The van der Waals surface area contributed by atoms with E-state index in [-0.39, 0.29) is 0 Å². The number of hydrogen-bond acceptors (Lipinski definition) is 5. The Kier molecular flexibility index (Phi) is 8.43. The molecule has 0 fully saturated rings. The summed E-state index contributed by atoms with van der Waals surface area (Å²) in [5.41, 5.74) is 9.65. The first-order valence-corrected chi connectivity index (χ1v) is 18.7. The Morgan fingerprint density at radius 3 is 1.25 bits per heavy atom. The highest BCUT2D eigenvalue weighted by Gasteiger charge is 2.16. The first-order chi connectivity index (χ1) is 27.7. The molecule has 0 saturated carbocycles. The Bertz CT molecular complexity index is 2960. The molecule has 56 heavy (non-hydrogen) atoms. The molecule has 10 aromatic rings. The number of fused-ring (bicyclic) bond motifs is 3. The number of benzene rings is 8. The highest BCUT2D eigenvalue weighted by atomic mass is 15.0. The quantitative estimate of drug-likeness (QED) is 0.154. The summed E-state index contributed by atoms with van der Waals surface area (Å²) in [5.74, 6) is 2.57. The molecule has 2 aromatic heterocycles. The smallest absolute Gasteiger partial charge is 0.164 e. The van der Waals surface area contributed by atoms with Crippen LogP contribution in [0, 0.1) is 0 Å². The zero-order chi connectivity index (χ0) is 37.3. The molecule has 5 nitrogen and oxygen atoms in total. The average Bonchev–Trinajstić information content (AvgIpc) is 3.29. The molecular formula is C51H33N5. The van der Waals surface area contributed by atoms with Crippen molar-refractivity contribution in [2.24, 2.45) is 0 Å². The molecule has 10 rings (SSSR count). The molecule has 0 atom stereocenters. The summed E-state index contributed by atoms with van der Waals surface area (Å²) in [7, 11) is 0. The lowest BCUT2D eigenvalue weighted by Gasteiger charge is -2.14. The van der Waals surface area contributed by atoms with E-state index in [1.54, 1.807) is 0 Å². The predicted octanol–water partition coefficient (Wildman–Crippen LogP) is 12.6. The van der Waals surface area contributed by atoms with Gasteiger partial charge in [-0.15, -0.1) is 0 Å². The Balaban J connectivity index is 1.09. The van der Waals surface area contributed by atoms with Crippen LogP contribution in [0.1, 0.15) is 0 Å². The van der Waals surface area contributed by atoms with E-state index in [0.29, 0.717) is 23.3 Å². The molecule has 0 aliphatic heterocycles. The van der Waals surface area contributed by atoms with E-state index >= 15 is 0 Å². The lowest BCUT2D eigenvalue weighted by Crippen LogP contribution is -2.00.